The quantitative estimate of drug-likeness (QED) is 0.571. The SMILES string of the molecule is CCOc1ccccc1CCCCP(O)O. The van der Waals surface area contributed by atoms with Crippen LogP contribution in [0.3, 0.4) is 0 Å². The predicted molar refractivity (Wildman–Crippen MR) is 66.8 cm³/mol. The van der Waals surface area contributed by atoms with Crippen molar-refractivity contribution in [2.75, 3.05) is 12.8 Å². The number of unbranched alkanes of at least 4 members (excludes halogenated alkanes) is 1. The zero-order chi connectivity index (χ0) is 11.8. The van der Waals surface area contributed by atoms with Crippen molar-refractivity contribution in [2.45, 2.75) is 26.2 Å². The lowest BCUT2D eigenvalue weighted by molar-refractivity contribution is 0.336. The van der Waals surface area contributed by atoms with Gasteiger partial charge in [0.2, 0.25) is 0 Å². The van der Waals surface area contributed by atoms with Crippen molar-refractivity contribution in [3.8, 4) is 5.75 Å². The molecule has 0 aliphatic rings. The van der Waals surface area contributed by atoms with Crippen molar-refractivity contribution in [1.29, 1.82) is 0 Å². The van der Waals surface area contributed by atoms with Crippen LogP contribution in [0, 0.1) is 0 Å². The minimum atomic E-state index is -1.73. The van der Waals surface area contributed by atoms with E-state index in [1.54, 1.807) is 0 Å². The van der Waals surface area contributed by atoms with Gasteiger partial charge in [-0.2, -0.15) is 0 Å². The Kier molecular flexibility index (Phi) is 6.39. The van der Waals surface area contributed by atoms with E-state index in [1.165, 1.54) is 5.56 Å². The number of ether oxygens (including phenoxy) is 1. The van der Waals surface area contributed by atoms with E-state index in [2.05, 4.69) is 6.07 Å². The van der Waals surface area contributed by atoms with Crippen LogP contribution in [0.1, 0.15) is 25.3 Å². The Bertz CT molecular complexity index is 302. The van der Waals surface area contributed by atoms with Gasteiger partial charge in [0, 0.05) is 6.16 Å². The van der Waals surface area contributed by atoms with Crippen LogP contribution in [0.15, 0.2) is 24.3 Å². The zero-order valence-electron chi connectivity index (χ0n) is 9.59. The Morgan fingerprint density at radius 1 is 1.19 bits per heavy atom. The molecule has 4 heteroatoms. The highest BCUT2D eigenvalue weighted by Crippen LogP contribution is 2.26. The van der Waals surface area contributed by atoms with Crippen LogP contribution in [0.4, 0.5) is 0 Å². The minimum Gasteiger partial charge on any atom is -0.494 e. The van der Waals surface area contributed by atoms with Gasteiger partial charge in [0.05, 0.1) is 6.61 Å². The van der Waals surface area contributed by atoms with Gasteiger partial charge in [-0.1, -0.05) is 18.2 Å². The van der Waals surface area contributed by atoms with E-state index < -0.39 is 8.38 Å². The highest BCUT2D eigenvalue weighted by molar-refractivity contribution is 7.45. The maximum atomic E-state index is 8.78. The zero-order valence-corrected chi connectivity index (χ0v) is 10.5. The molecular formula is C12H19O3P. The first-order valence-corrected chi connectivity index (χ1v) is 7.03. The molecule has 16 heavy (non-hydrogen) atoms. The normalized spacial score (nSPS) is 10.8. The van der Waals surface area contributed by atoms with Crippen molar-refractivity contribution in [3.63, 3.8) is 0 Å². The molecule has 0 amide bonds. The summed E-state index contributed by atoms with van der Waals surface area (Å²) >= 11 is 0. The van der Waals surface area contributed by atoms with E-state index >= 15 is 0 Å². The summed E-state index contributed by atoms with van der Waals surface area (Å²) in [7, 11) is -1.73. The second-order valence-electron chi connectivity index (χ2n) is 3.59. The summed E-state index contributed by atoms with van der Waals surface area (Å²) in [6.07, 6.45) is 3.24. The van der Waals surface area contributed by atoms with E-state index in [-0.39, 0.29) is 0 Å². The third-order valence-corrected chi connectivity index (χ3v) is 3.04. The third-order valence-electron chi connectivity index (χ3n) is 2.33. The first-order chi connectivity index (χ1) is 7.74. The molecule has 0 fully saturated rings. The van der Waals surface area contributed by atoms with Crippen LogP contribution in [0.25, 0.3) is 0 Å². The van der Waals surface area contributed by atoms with E-state index in [4.69, 9.17) is 14.5 Å². The average Bonchev–Trinajstić information content (AvgIpc) is 2.26. The summed E-state index contributed by atoms with van der Waals surface area (Å²) in [5.41, 5.74) is 1.20. The number of para-hydroxylation sites is 1. The first kappa shape index (κ1) is 13.4. The third kappa shape index (κ3) is 4.93. The van der Waals surface area contributed by atoms with Crippen molar-refractivity contribution in [2.24, 2.45) is 0 Å². The first-order valence-electron chi connectivity index (χ1n) is 5.60. The summed E-state index contributed by atoms with van der Waals surface area (Å²) in [6, 6.07) is 8.01. The molecule has 0 atom stereocenters. The van der Waals surface area contributed by atoms with Crippen LogP contribution >= 0.6 is 8.38 Å². The topological polar surface area (TPSA) is 49.7 Å². The number of hydrogen-bond donors (Lipinski definition) is 2. The number of aryl methyl sites for hydroxylation is 1. The fraction of sp³-hybridized carbons (Fsp3) is 0.500. The molecule has 0 aromatic heterocycles. The van der Waals surface area contributed by atoms with Gasteiger partial charge in [-0.15, -0.1) is 0 Å². The van der Waals surface area contributed by atoms with Gasteiger partial charge in [-0.3, -0.25) is 0 Å². The largest absolute Gasteiger partial charge is 0.494 e. The summed E-state index contributed by atoms with van der Waals surface area (Å²) < 4.78 is 5.52. The van der Waals surface area contributed by atoms with Gasteiger partial charge in [-0.05, 0) is 37.8 Å². The Balaban J connectivity index is 2.40. The number of rotatable bonds is 7. The molecule has 1 rings (SSSR count). The van der Waals surface area contributed by atoms with Crippen LogP contribution in [0.5, 0.6) is 5.75 Å². The average molecular weight is 242 g/mol. The highest BCUT2D eigenvalue weighted by atomic mass is 31.2. The highest BCUT2D eigenvalue weighted by Gasteiger charge is 2.03. The Labute approximate surface area is 98.0 Å². The molecule has 0 bridgehead atoms. The Morgan fingerprint density at radius 2 is 1.94 bits per heavy atom. The smallest absolute Gasteiger partial charge is 0.164 e. The maximum absolute atomic E-state index is 8.78. The van der Waals surface area contributed by atoms with Crippen molar-refractivity contribution >= 4 is 8.38 Å². The Morgan fingerprint density at radius 3 is 2.62 bits per heavy atom. The minimum absolute atomic E-state index is 0.506. The summed E-state index contributed by atoms with van der Waals surface area (Å²) in [5.74, 6) is 0.945. The molecule has 0 aliphatic carbocycles. The molecule has 3 nitrogen and oxygen atoms in total. The van der Waals surface area contributed by atoms with Gasteiger partial charge in [0.15, 0.2) is 8.38 Å². The van der Waals surface area contributed by atoms with Crippen LogP contribution in [-0.2, 0) is 6.42 Å². The van der Waals surface area contributed by atoms with E-state index in [0.717, 1.165) is 25.0 Å². The molecule has 0 saturated heterocycles. The molecule has 2 N–H and O–H groups in total. The van der Waals surface area contributed by atoms with Gasteiger partial charge in [-0.25, -0.2) is 0 Å². The summed E-state index contributed by atoms with van der Waals surface area (Å²) in [5, 5.41) is 0. The molecule has 0 aliphatic heterocycles. The van der Waals surface area contributed by atoms with Crippen molar-refractivity contribution in [3.05, 3.63) is 29.8 Å². The second-order valence-corrected chi connectivity index (χ2v) is 4.79. The molecule has 0 spiro atoms. The molecule has 0 saturated carbocycles. The van der Waals surface area contributed by atoms with Crippen LogP contribution in [-0.4, -0.2) is 22.6 Å². The van der Waals surface area contributed by atoms with E-state index in [1.807, 2.05) is 25.1 Å². The van der Waals surface area contributed by atoms with Crippen molar-refractivity contribution < 1.29 is 14.5 Å². The van der Waals surface area contributed by atoms with Crippen LogP contribution < -0.4 is 4.74 Å². The molecular weight excluding hydrogens is 223 g/mol. The summed E-state index contributed by atoms with van der Waals surface area (Å²) in [4.78, 5) is 17.6. The van der Waals surface area contributed by atoms with Gasteiger partial charge in [0.25, 0.3) is 0 Å². The Hall–Kier alpha value is -0.630. The van der Waals surface area contributed by atoms with E-state index in [0.29, 0.717) is 12.8 Å². The molecule has 1 aromatic rings. The van der Waals surface area contributed by atoms with Gasteiger partial charge in [0.1, 0.15) is 5.75 Å². The lowest BCUT2D eigenvalue weighted by Crippen LogP contribution is -1.97. The molecule has 0 heterocycles. The standard InChI is InChI=1S/C12H19O3P/c1-2-15-12-9-4-3-7-11(12)8-5-6-10-16(13)14/h3-4,7,9,13-14H,2,5-6,8,10H2,1H3. The molecule has 90 valence electrons. The van der Waals surface area contributed by atoms with Gasteiger partial charge < -0.3 is 14.5 Å². The van der Waals surface area contributed by atoms with Gasteiger partial charge >= 0.3 is 0 Å². The van der Waals surface area contributed by atoms with E-state index in [9.17, 15) is 0 Å². The lowest BCUT2D eigenvalue weighted by atomic mass is 10.1. The fourth-order valence-electron chi connectivity index (χ4n) is 1.58. The lowest BCUT2D eigenvalue weighted by Gasteiger charge is -2.09. The fourth-order valence-corrected chi connectivity index (χ4v) is 2.08. The maximum Gasteiger partial charge on any atom is 0.164 e. The monoisotopic (exact) mass is 242 g/mol. The molecule has 1 aromatic carbocycles. The second kappa shape index (κ2) is 7.61. The molecule has 0 radical (unpaired) electrons. The van der Waals surface area contributed by atoms with Crippen LogP contribution in [0.2, 0.25) is 0 Å². The number of benzene rings is 1. The number of hydrogen-bond acceptors (Lipinski definition) is 3. The van der Waals surface area contributed by atoms with Crippen molar-refractivity contribution in [1.82, 2.24) is 0 Å². The molecule has 0 unspecified atom stereocenters. The predicted octanol–water partition coefficient (Wildman–Crippen LogP) is 2.70. The summed E-state index contributed by atoms with van der Waals surface area (Å²) in [6.45, 7) is 2.65.